The van der Waals surface area contributed by atoms with Crippen LogP contribution in [0.4, 0.5) is 21.7 Å². The minimum Gasteiger partial charge on any atom is -0.324 e. The van der Waals surface area contributed by atoms with E-state index in [1.54, 1.807) is 18.2 Å². The van der Waals surface area contributed by atoms with Crippen molar-refractivity contribution in [2.45, 2.75) is 20.3 Å². The number of aromatic nitrogens is 2. The van der Waals surface area contributed by atoms with Crippen LogP contribution in [0.15, 0.2) is 30.6 Å². The van der Waals surface area contributed by atoms with Crippen LogP contribution in [0.2, 0.25) is 0 Å². The number of nitrogens with two attached hydrogens (primary N) is 1. The lowest BCUT2D eigenvalue weighted by Crippen LogP contribution is -2.22. The molecule has 106 valence electrons. The zero-order valence-electron chi connectivity index (χ0n) is 11.6. The largest absolute Gasteiger partial charge is 0.324 e. The monoisotopic (exact) mass is 275 g/mol. The molecule has 0 saturated carbocycles. The highest BCUT2D eigenvalue weighted by atomic mass is 19.1. The number of hydrogen-bond donors (Lipinski definition) is 2. The van der Waals surface area contributed by atoms with Gasteiger partial charge in [-0.2, -0.15) is 0 Å². The van der Waals surface area contributed by atoms with E-state index in [0.717, 1.165) is 5.56 Å². The van der Waals surface area contributed by atoms with Gasteiger partial charge >= 0.3 is 0 Å². The molecule has 0 radical (unpaired) electrons. The Morgan fingerprint density at radius 1 is 1.25 bits per heavy atom. The maximum Gasteiger partial charge on any atom is 0.148 e. The lowest BCUT2D eigenvalue weighted by atomic mass is 10.2. The maximum absolute atomic E-state index is 14.0. The van der Waals surface area contributed by atoms with Crippen LogP contribution in [0.25, 0.3) is 0 Å². The molecule has 2 rings (SSSR count). The van der Waals surface area contributed by atoms with Crippen LogP contribution in [-0.2, 0) is 6.42 Å². The zero-order valence-corrected chi connectivity index (χ0v) is 11.6. The molecule has 0 atom stereocenters. The summed E-state index contributed by atoms with van der Waals surface area (Å²) < 4.78 is 14.0. The Kier molecular flexibility index (Phi) is 4.47. The van der Waals surface area contributed by atoms with Crippen molar-refractivity contribution in [3.63, 3.8) is 0 Å². The molecular weight excluding hydrogens is 257 g/mol. The Bertz CT molecular complexity index is 588. The molecule has 1 aromatic heterocycles. The Hall–Kier alpha value is -2.21. The van der Waals surface area contributed by atoms with Gasteiger partial charge in [-0.25, -0.2) is 20.2 Å². The second-order valence-corrected chi connectivity index (χ2v) is 4.22. The first kappa shape index (κ1) is 14.2. The number of anilines is 3. The summed E-state index contributed by atoms with van der Waals surface area (Å²) in [5.41, 5.74) is 3.91. The molecule has 2 aromatic rings. The molecule has 0 aliphatic heterocycles. The van der Waals surface area contributed by atoms with Crippen molar-refractivity contribution in [2.75, 3.05) is 16.9 Å². The molecule has 0 fully saturated rings. The summed E-state index contributed by atoms with van der Waals surface area (Å²) in [5, 5.41) is 0. The normalized spacial score (nSPS) is 10.4. The van der Waals surface area contributed by atoms with Gasteiger partial charge in [-0.1, -0.05) is 19.1 Å². The lowest BCUT2D eigenvalue weighted by molar-refractivity contribution is 0.625. The topological polar surface area (TPSA) is 67.1 Å². The third-order valence-electron chi connectivity index (χ3n) is 3.13. The van der Waals surface area contributed by atoms with Crippen LogP contribution in [0.5, 0.6) is 0 Å². The molecule has 0 unspecified atom stereocenters. The van der Waals surface area contributed by atoms with E-state index in [-0.39, 0.29) is 5.82 Å². The first-order valence-electron chi connectivity index (χ1n) is 6.55. The predicted molar refractivity (Wildman–Crippen MR) is 78.3 cm³/mol. The van der Waals surface area contributed by atoms with Gasteiger partial charge in [0, 0.05) is 12.1 Å². The summed E-state index contributed by atoms with van der Waals surface area (Å²) in [6, 6.07) is 6.64. The van der Waals surface area contributed by atoms with E-state index in [4.69, 9.17) is 5.84 Å². The molecule has 1 heterocycles. The molecule has 0 amide bonds. The Morgan fingerprint density at radius 3 is 2.60 bits per heavy atom. The fourth-order valence-electron chi connectivity index (χ4n) is 2.19. The third-order valence-corrected chi connectivity index (χ3v) is 3.13. The summed E-state index contributed by atoms with van der Waals surface area (Å²) in [6.07, 6.45) is 2.12. The van der Waals surface area contributed by atoms with Crippen molar-refractivity contribution in [2.24, 2.45) is 5.84 Å². The van der Waals surface area contributed by atoms with Crippen molar-refractivity contribution < 1.29 is 4.39 Å². The first-order valence-corrected chi connectivity index (χ1v) is 6.55. The van der Waals surface area contributed by atoms with Crippen LogP contribution in [0, 0.1) is 5.82 Å². The fraction of sp³-hybridized carbons (Fsp3) is 0.286. The van der Waals surface area contributed by atoms with Crippen LogP contribution in [0.1, 0.15) is 19.4 Å². The van der Waals surface area contributed by atoms with E-state index in [1.165, 1.54) is 12.4 Å². The summed E-state index contributed by atoms with van der Waals surface area (Å²) >= 11 is 0. The standard InChI is InChI=1S/C14H18FN5/c1-3-10-13(19-16)17-9-18-14(10)20(4-2)12-8-6-5-7-11(12)15/h5-9H,3-4,16H2,1-2H3,(H,17,18,19). The predicted octanol–water partition coefficient (Wildman–Crippen LogP) is 2.62. The smallest absolute Gasteiger partial charge is 0.148 e. The van der Waals surface area contributed by atoms with Crippen molar-refractivity contribution in [1.82, 2.24) is 9.97 Å². The Balaban J connectivity index is 2.55. The molecular formula is C14H18FN5. The number of halogens is 1. The molecule has 0 aliphatic carbocycles. The van der Waals surface area contributed by atoms with E-state index < -0.39 is 0 Å². The third kappa shape index (κ3) is 2.55. The van der Waals surface area contributed by atoms with Crippen molar-refractivity contribution in [3.05, 3.63) is 42.0 Å². The summed E-state index contributed by atoms with van der Waals surface area (Å²) in [5.74, 6) is 6.42. The van der Waals surface area contributed by atoms with Crippen molar-refractivity contribution in [3.8, 4) is 0 Å². The minimum atomic E-state index is -0.280. The lowest BCUT2D eigenvalue weighted by Gasteiger charge is -2.25. The highest BCUT2D eigenvalue weighted by Gasteiger charge is 2.18. The number of hydrogen-bond acceptors (Lipinski definition) is 5. The quantitative estimate of drug-likeness (QED) is 0.648. The average Bonchev–Trinajstić information content (AvgIpc) is 2.49. The number of para-hydroxylation sites is 1. The van der Waals surface area contributed by atoms with E-state index in [9.17, 15) is 4.39 Å². The summed E-state index contributed by atoms with van der Waals surface area (Å²) in [4.78, 5) is 10.2. The van der Waals surface area contributed by atoms with E-state index in [0.29, 0.717) is 30.3 Å². The van der Waals surface area contributed by atoms with Gasteiger partial charge in [0.15, 0.2) is 0 Å². The molecule has 0 aliphatic rings. The van der Waals surface area contributed by atoms with Gasteiger partial charge in [-0.3, -0.25) is 0 Å². The summed E-state index contributed by atoms with van der Waals surface area (Å²) in [7, 11) is 0. The zero-order chi connectivity index (χ0) is 14.5. The molecule has 5 nitrogen and oxygen atoms in total. The minimum absolute atomic E-state index is 0.280. The van der Waals surface area contributed by atoms with Crippen LogP contribution in [0.3, 0.4) is 0 Å². The molecule has 1 aromatic carbocycles. The molecule has 0 saturated heterocycles. The fourth-order valence-corrected chi connectivity index (χ4v) is 2.19. The number of rotatable bonds is 5. The Morgan fingerprint density at radius 2 is 2.00 bits per heavy atom. The van der Waals surface area contributed by atoms with Gasteiger partial charge < -0.3 is 10.3 Å². The highest BCUT2D eigenvalue weighted by molar-refractivity contribution is 5.67. The van der Waals surface area contributed by atoms with Gasteiger partial charge in [-0.05, 0) is 25.5 Å². The average molecular weight is 275 g/mol. The van der Waals surface area contributed by atoms with Gasteiger partial charge in [0.05, 0.1) is 5.69 Å². The van der Waals surface area contributed by atoms with E-state index in [2.05, 4.69) is 15.4 Å². The second-order valence-electron chi connectivity index (χ2n) is 4.22. The van der Waals surface area contributed by atoms with Crippen molar-refractivity contribution >= 4 is 17.3 Å². The second kappa shape index (κ2) is 6.29. The van der Waals surface area contributed by atoms with Crippen molar-refractivity contribution in [1.29, 1.82) is 0 Å². The number of hydrazine groups is 1. The summed E-state index contributed by atoms with van der Waals surface area (Å²) in [6.45, 7) is 4.52. The molecule has 0 spiro atoms. The van der Waals surface area contributed by atoms with Gasteiger partial charge in [0.1, 0.15) is 23.8 Å². The van der Waals surface area contributed by atoms with Gasteiger partial charge in [0.25, 0.3) is 0 Å². The van der Waals surface area contributed by atoms with E-state index in [1.807, 2.05) is 18.7 Å². The maximum atomic E-state index is 14.0. The van der Waals surface area contributed by atoms with Crippen LogP contribution < -0.4 is 16.2 Å². The molecule has 3 N–H and O–H groups in total. The van der Waals surface area contributed by atoms with Crippen LogP contribution in [-0.4, -0.2) is 16.5 Å². The number of benzene rings is 1. The van der Waals surface area contributed by atoms with Gasteiger partial charge in [-0.15, -0.1) is 0 Å². The molecule has 6 heteroatoms. The van der Waals surface area contributed by atoms with E-state index >= 15 is 0 Å². The first-order chi connectivity index (χ1) is 9.72. The highest BCUT2D eigenvalue weighted by Crippen LogP contribution is 2.31. The number of nitrogens with zero attached hydrogens (tertiary/aromatic N) is 3. The van der Waals surface area contributed by atoms with Crippen LogP contribution >= 0.6 is 0 Å². The molecule has 20 heavy (non-hydrogen) atoms. The Labute approximate surface area is 117 Å². The van der Waals surface area contributed by atoms with Gasteiger partial charge in [0.2, 0.25) is 0 Å². The SMILES string of the molecule is CCc1c(NN)ncnc1N(CC)c1ccccc1F. The number of nitrogens with one attached hydrogen (secondary N) is 1. The molecule has 0 bridgehead atoms. The number of nitrogen functional groups attached to an aromatic ring is 1.